The van der Waals surface area contributed by atoms with Crippen LogP contribution in [0.15, 0.2) is 60.7 Å². The van der Waals surface area contributed by atoms with E-state index >= 15 is 0 Å². The molecule has 9 heteroatoms. The van der Waals surface area contributed by atoms with Crippen LogP contribution in [0.3, 0.4) is 0 Å². The molecule has 1 aliphatic rings. The number of alkyl carbamates (subject to hydrolysis) is 1. The van der Waals surface area contributed by atoms with Gasteiger partial charge in [0.05, 0.1) is 12.1 Å². The summed E-state index contributed by atoms with van der Waals surface area (Å²) in [5.74, 6) is -1.15. The number of carbonyl (C=O) groups is 3. The summed E-state index contributed by atoms with van der Waals surface area (Å²) >= 11 is 0. The molecule has 1 aliphatic heterocycles. The second-order valence-electron chi connectivity index (χ2n) is 10.1. The zero-order valence-corrected chi connectivity index (χ0v) is 20.9. The summed E-state index contributed by atoms with van der Waals surface area (Å²) < 4.78 is 5.29. The van der Waals surface area contributed by atoms with Crippen molar-refractivity contribution in [2.45, 2.75) is 70.1 Å². The average molecular weight is 498 g/mol. The van der Waals surface area contributed by atoms with Crippen LogP contribution < -0.4 is 10.6 Å². The Bertz CT molecular complexity index is 1020. The lowest BCUT2D eigenvalue weighted by Crippen LogP contribution is -2.57. The minimum atomic E-state index is -1.66. The fraction of sp³-hybridized carbons (Fsp3) is 0.444. The highest BCUT2D eigenvalue weighted by Gasteiger charge is 2.43. The minimum absolute atomic E-state index is 0.0299. The molecular weight excluding hydrogens is 462 g/mol. The molecule has 1 heterocycles. The van der Waals surface area contributed by atoms with Crippen LogP contribution in [0, 0.1) is 0 Å². The topological polar surface area (TPSA) is 128 Å². The van der Waals surface area contributed by atoms with Gasteiger partial charge in [-0.1, -0.05) is 60.7 Å². The molecule has 36 heavy (non-hydrogen) atoms. The van der Waals surface area contributed by atoms with E-state index in [2.05, 4.69) is 10.6 Å². The number of hydrogen-bond donors (Lipinski definition) is 4. The maximum atomic E-state index is 13.4. The number of rotatable bonds is 8. The van der Waals surface area contributed by atoms with Crippen LogP contribution >= 0.6 is 0 Å². The van der Waals surface area contributed by atoms with Crippen molar-refractivity contribution in [1.82, 2.24) is 15.5 Å². The maximum Gasteiger partial charge on any atom is 0.407 e. The van der Waals surface area contributed by atoms with Crippen molar-refractivity contribution in [3.05, 3.63) is 71.8 Å². The van der Waals surface area contributed by atoms with Gasteiger partial charge in [-0.15, -0.1) is 0 Å². The standard InChI is InChI=1S/C27H35N3O6/c1-27(2,3)29-24(33)22-15-20(31)16-30(22)25(34)23(32)21(14-18-10-6-4-7-11-18)28-26(35)36-17-19-12-8-5-9-13-19/h4-13,20-23,31-32H,14-17H2,1-3H3,(H,28,35)(H,29,33)/t20-,21-,22-,23-/m0/s1. The van der Waals surface area contributed by atoms with E-state index in [-0.39, 0.29) is 26.0 Å². The Hall–Kier alpha value is -3.43. The van der Waals surface area contributed by atoms with E-state index in [1.54, 1.807) is 0 Å². The van der Waals surface area contributed by atoms with Crippen molar-refractivity contribution in [2.24, 2.45) is 0 Å². The molecule has 1 saturated heterocycles. The third kappa shape index (κ3) is 7.79. The predicted molar refractivity (Wildman–Crippen MR) is 134 cm³/mol. The number of carbonyl (C=O) groups excluding carboxylic acids is 3. The van der Waals surface area contributed by atoms with E-state index in [1.165, 1.54) is 4.90 Å². The molecule has 4 N–H and O–H groups in total. The number of nitrogens with zero attached hydrogens (tertiary/aromatic N) is 1. The molecule has 0 spiro atoms. The summed E-state index contributed by atoms with van der Waals surface area (Å²) in [6, 6.07) is 16.3. The van der Waals surface area contributed by atoms with Crippen molar-refractivity contribution in [3.8, 4) is 0 Å². The molecular formula is C27H35N3O6. The van der Waals surface area contributed by atoms with E-state index in [9.17, 15) is 24.6 Å². The summed E-state index contributed by atoms with van der Waals surface area (Å²) in [4.78, 5) is 39.9. The molecule has 9 nitrogen and oxygen atoms in total. The van der Waals surface area contributed by atoms with Crippen LogP contribution in [0.2, 0.25) is 0 Å². The van der Waals surface area contributed by atoms with E-state index in [4.69, 9.17) is 4.74 Å². The zero-order valence-electron chi connectivity index (χ0n) is 20.9. The van der Waals surface area contributed by atoms with Gasteiger partial charge in [0.25, 0.3) is 5.91 Å². The number of amides is 3. The average Bonchev–Trinajstić information content (AvgIpc) is 3.23. The van der Waals surface area contributed by atoms with Gasteiger partial charge in [0.2, 0.25) is 5.91 Å². The third-order valence-corrected chi connectivity index (χ3v) is 5.81. The third-order valence-electron chi connectivity index (χ3n) is 5.81. The first-order valence-corrected chi connectivity index (χ1v) is 12.0. The number of β-amino-alcohol motifs (C(OH)–C–C–N with tert-alkyl or cyclic N) is 1. The first-order valence-electron chi connectivity index (χ1n) is 12.0. The summed E-state index contributed by atoms with van der Waals surface area (Å²) in [5.41, 5.74) is 1.06. The Balaban J connectivity index is 1.74. The highest BCUT2D eigenvalue weighted by atomic mass is 16.5. The van der Waals surface area contributed by atoms with Gasteiger partial charge in [-0.05, 0) is 38.3 Å². The Labute approximate surface area is 211 Å². The molecule has 3 rings (SSSR count). The lowest BCUT2D eigenvalue weighted by Gasteiger charge is -2.31. The van der Waals surface area contributed by atoms with Gasteiger partial charge in [-0.2, -0.15) is 0 Å². The van der Waals surface area contributed by atoms with Gasteiger partial charge >= 0.3 is 6.09 Å². The molecule has 0 unspecified atom stereocenters. The molecule has 194 valence electrons. The quantitative estimate of drug-likeness (QED) is 0.440. The van der Waals surface area contributed by atoms with Crippen molar-refractivity contribution in [1.29, 1.82) is 0 Å². The largest absolute Gasteiger partial charge is 0.445 e. The summed E-state index contributed by atoms with van der Waals surface area (Å²) in [6.45, 7) is 5.39. The predicted octanol–water partition coefficient (Wildman–Crippen LogP) is 1.76. The Morgan fingerprint density at radius 2 is 1.61 bits per heavy atom. The van der Waals surface area contributed by atoms with Crippen LogP contribution in [-0.2, 0) is 27.4 Å². The van der Waals surface area contributed by atoms with Crippen LogP contribution in [0.1, 0.15) is 38.3 Å². The normalized spacial score (nSPS) is 19.3. The van der Waals surface area contributed by atoms with E-state index in [0.29, 0.717) is 0 Å². The number of nitrogens with one attached hydrogen (secondary N) is 2. The van der Waals surface area contributed by atoms with Gasteiger partial charge in [-0.3, -0.25) is 9.59 Å². The monoisotopic (exact) mass is 497 g/mol. The molecule has 0 aliphatic carbocycles. The summed E-state index contributed by atoms with van der Waals surface area (Å²) in [6.07, 6.45) is -3.12. The van der Waals surface area contributed by atoms with Gasteiger partial charge in [0.1, 0.15) is 12.6 Å². The highest BCUT2D eigenvalue weighted by Crippen LogP contribution is 2.22. The van der Waals surface area contributed by atoms with Crippen molar-refractivity contribution in [2.75, 3.05) is 6.54 Å². The first kappa shape index (κ1) is 27.2. The van der Waals surface area contributed by atoms with Crippen molar-refractivity contribution < 1.29 is 29.3 Å². The number of likely N-dealkylation sites (tertiary alicyclic amines) is 1. The summed E-state index contributed by atoms with van der Waals surface area (Å²) in [5, 5.41) is 26.7. The number of benzene rings is 2. The second-order valence-corrected chi connectivity index (χ2v) is 10.1. The Morgan fingerprint density at radius 3 is 2.19 bits per heavy atom. The van der Waals surface area contributed by atoms with Gasteiger partial charge in [-0.25, -0.2) is 4.79 Å². The van der Waals surface area contributed by atoms with Crippen molar-refractivity contribution >= 4 is 17.9 Å². The van der Waals surface area contributed by atoms with Crippen molar-refractivity contribution in [3.63, 3.8) is 0 Å². The van der Waals surface area contributed by atoms with Gasteiger partial charge in [0.15, 0.2) is 6.10 Å². The van der Waals surface area contributed by atoms with Gasteiger partial charge < -0.3 is 30.5 Å². The van der Waals surface area contributed by atoms with E-state index in [0.717, 1.165) is 11.1 Å². The lowest BCUT2D eigenvalue weighted by molar-refractivity contribution is -0.147. The molecule has 0 bridgehead atoms. The number of hydrogen-bond acceptors (Lipinski definition) is 6. The molecule has 2 aromatic rings. The summed E-state index contributed by atoms with van der Waals surface area (Å²) in [7, 11) is 0. The smallest absolute Gasteiger partial charge is 0.407 e. The fourth-order valence-electron chi connectivity index (χ4n) is 4.13. The highest BCUT2D eigenvalue weighted by molar-refractivity contribution is 5.91. The molecule has 2 aromatic carbocycles. The molecule has 0 radical (unpaired) electrons. The number of ether oxygens (including phenoxy) is 1. The van der Waals surface area contributed by atoms with Gasteiger partial charge in [0, 0.05) is 18.5 Å². The Morgan fingerprint density at radius 1 is 1.03 bits per heavy atom. The van der Waals surface area contributed by atoms with Crippen LogP contribution in [0.5, 0.6) is 0 Å². The molecule has 3 amide bonds. The minimum Gasteiger partial charge on any atom is -0.445 e. The van der Waals surface area contributed by atoms with E-state index < -0.39 is 47.7 Å². The molecule has 4 atom stereocenters. The second kappa shape index (κ2) is 12.0. The SMILES string of the molecule is CC(C)(C)NC(=O)[C@@H]1C[C@H](O)CN1C(=O)[C@@H](O)[C@H](Cc1ccccc1)NC(=O)OCc1ccccc1. The maximum absolute atomic E-state index is 13.4. The van der Waals surface area contributed by atoms with E-state index in [1.807, 2.05) is 81.4 Å². The molecule has 0 saturated carbocycles. The molecule has 1 fully saturated rings. The molecule has 0 aromatic heterocycles. The van der Waals surface area contributed by atoms with Crippen LogP contribution in [0.25, 0.3) is 0 Å². The number of aliphatic hydroxyl groups is 2. The zero-order chi connectivity index (χ0) is 26.3. The first-order chi connectivity index (χ1) is 17.0. The number of aliphatic hydroxyl groups excluding tert-OH is 2. The van der Waals surface area contributed by atoms with Crippen LogP contribution in [-0.4, -0.2) is 69.4 Å². The van der Waals surface area contributed by atoms with Crippen LogP contribution in [0.4, 0.5) is 4.79 Å². The Kier molecular flexibility index (Phi) is 9.06. The lowest BCUT2D eigenvalue weighted by atomic mass is 10.00. The fourth-order valence-corrected chi connectivity index (χ4v) is 4.13.